The van der Waals surface area contributed by atoms with E-state index in [1.165, 1.54) is 24.3 Å². The topological polar surface area (TPSA) is 436 Å². The quantitative estimate of drug-likeness (QED) is 0.0253. The van der Waals surface area contributed by atoms with Gasteiger partial charge in [-0.25, -0.2) is 19.2 Å². The first kappa shape index (κ1) is 83.2. The summed E-state index contributed by atoms with van der Waals surface area (Å²) < 4.78 is 25.8. The number of hydroxylamine groups is 3. The van der Waals surface area contributed by atoms with Crippen LogP contribution in [0.3, 0.4) is 0 Å². The number of nitrogens with zero attached hydrogens (tertiary/aromatic N) is 3. The van der Waals surface area contributed by atoms with Crippen molar-refractivity contribution in [3.05, 3.63) is 24.3 Å². The number of aromatic hydroxyl groups is 4. The average molecular weight is 1380 g/mol. The van der Waals surface area contributed by atoms with Gasteiger partial charge in [-0.1, -0.05) is 77.0 Å². The molecule has 3 rings (SSSR count). The molecule has 0 aromatic carbocycles. The van der Waals surface area contributed by atoms with Crippen molar-refractivity contribution in [3.63, 3.8) is 0 Å². The van der Waals surface area contributed by atoms with Gasteiger partial charge in [-0.15, -0.1) is 14.5 Å². The number of nitrogens with one attached hydrogen (secondary N) is 5. The lowest BCUT2D eigenvalue weighted by Gasteiger charge is -2.33. The highest BCUT2D eigenvalue weighted by atomic mass is 16.7. The number of imide groups is 1. The van der Waals surface area contributed by atoms with Crippen LogP contribution in [0, 0.1) is 5.41 Å². The number of aromatic nitrogens is 2. The Morgan fingerprint density at radius 2 is 0.649 bits per heavy atom. The smallest absolute Gasteiger partial charge is 0.333 e. The molecule has 0 atom stereocenters. The van der Waals surface area contributed by atoms with E-state index < -0.39 is 70.5 Å². The van der Waals surface area contributed by atoms with Gasteiger partial charge in [0.15, 0.2) is 0 Å². The third-order valence-electron chi connectivity index (χ3n) is 15.1. The summed E-state index contributed by atoms with van der Waals surface area (Å²) in [5.74, 6) is -6.60. The van der Waals surface area contributed by atoms with E-state index in [2.05, 4.69) is 26.7 Å². The van der Waals surface area contributed by atoms with Crippen LogP contribution in [0.4, 0.5) is 0 Å². The number of unbranched alkanes of at least 4 members (excludes halogenated alkanes) is 16. The molecule has 32 nitrogen and oxygen atoms in total. The number of aliphatic hydroxyl groups is 1. The van der Waals surface area contributed by atoms with E-state index >= 15 is 0 Å². The second-order valence-electron chi connectivity index (χ2n) is 23.7. The Balaban J connectivity index is 1.51. The Hall–Kier alpha value is -8.07. The molecule has 1 aliphatic heterocycles. The maximum Gasteiger partial charge on any atom is 0.333 e. The van der Waals surface area contributed by atoms with Crippen LogP contribution in [0.1, 0.15) is 205 Å². The summed E-state index contributed by atoms with van der Waals surface area (Å²) in [6.45, 7) is 1.31. The maximum absolute atomic E-state index is 12.9. The van der Waals surface area contributed by atoms with Gasteiger partial charge in [0.25, 0.3) is 17.7 Å². The minimum absolute atomic E-state index is 0.000166. The van der Waals surface area contributed by atoms with Crippen molar-refractivity contribution < 1.29 is 117 Å². The number of amides is 7. The first-order valence-electron chi connectivity index (χ1n) is 34.0. The third-order valence-corrected chi connectivity index (χ3v) is 15.1. The first-order valence-corrected chi connectivity index (χ1v) is 34.0. The molecule has 97 heavy (non-hydrogen) atoms. The van der Waals surface area contributed by atoms with E-state index in [0.717, 1.165) is 57.8 Å². The van der Waals surface area contributed by atoms with Gasteiger partial charge < -0.3 is 85.1 Å². The van der Waals surface area contributed by atoms with E-state index in [4.69, 9.17) is 43.4 Å². The summed E-state index contributed by atoms with van der Waals surface area (Å²) in [6, 6.07) is 4.77. The van der Waals surface area contributed by atoms with Crippen molar-refractivity contribution >= 4 is 65.2 Å². The molecule has 2 aromatic rings. The summed E-state index contributed by atoms with van der Waals surface area (Å²) in [5, 5.41) is 59.6. The van der Waals surface area contributed by atoms with E-state index in [9.17, 15) is 73.2 Å². The van der Waals surface area contributed by atoms with Gasteiger partial charge in [-0.05, 0) is 57.8 Å². The molecule has 1 saturated heterocycles. The van der Waals surface area contributed by atoms with Crippen LogP contribution < -0.4 is 36.4 Å². The SMILES string of the molecule is O=C(CCOCC(COCCC(=O)NCCCCCCCC(=O)ON1C(=O)CCC1=O)(COCCC(=O)NCCCCCCCC(=O)On1c(O)ccc1O)COCCC(=O)NCCCCCCCC(=O)On1c(O)ccc1O)NCCCCCCCC(=O)ONC(=O)CCCO. The van der Waals surface area contributed by atoms with E-state index in [0.29, 0.717) is 111 Å². The molecule has 2 aromatic heterocycles. The molecule has 1 fully saturated rings. The van der Waals surface area contributed by atoms with Crippen molar-refractivity contribution in [2.75, 3.05) is 85.6 Å². The van der Waals surface area contributed by atoms with Gasteiger partial charge in [-0.2, -0.15) is 5.48 Å². The van der Waals surface area contributed by atoms with Crippen molar-refractivity contribution in [1.29, 1.82) is 0 Å². The normalized spacial score (nSPS) is 12.1. The highest BCUT2D eigenvalue weighted by Gasteiger charge is 2.34. The number of ether oxygens (including phenoxy) is 4. The van der Waals surface area contributed by atoms with E-state index in [-0.39, 0.29) is 160 Å². The number of carbonyl (C=O) groups is 11. The van der Waals surface area contributed by atoms with Gasteiger partial charge in [-0.3, -0.25) is 33.6 Å². The van der Waals surface area contributed by atoms with Crippen LogP contribution in [-0.4, -0.2) is 191 Å². The molecule has 0 bridgehead atoms. The molecule has 7 amide bonds. The highest BCUT2D eigenvalue weighted by Crippen LogP contribution is 2.24. The lowest BCUT2D eigenvalue weighted by Crippen LogP contribution is -2.43. The van der Waals surface area contributed by atoms with Crippen LogP contribution >= 0.6 is 0 Å². The minimum atomic E-state index is -1.06. The van der Waals surface area contributed by atoms with Crippen LogP contribution in [0.2, 0.25) is 0 Å². The Morgan fingerprint density at radius 1 is 0.361 bits per heavy atom. The second-order valence-corrected chi connectivity index (χ2v) is 23.7. The van der Waals surface area contributed by atoms with E-state index in [1.54, 1.807) is 0 Å². The highest BCUT2D eigenvalue weighted by molar-refractivity contribution is 6.01. The molecule has 0 aliphatic carbocycles. The summed E-state index contributed by atoms with van der Waals surface area (Å²) in [7, 11) is 0. The molecular weight excluding hydrogens is 1280 g/mol. The molecular formula is C65H104N8O24. The number of hydrogen-bond donors (Lipinski definition) is 10. The van der Waals surface area contributed by atoms with Crippen LogP contribution in [0.25, 0.3) is 0 Å². The second kappa shape index (κ2) is 51.2. The van der Waals surface area contributed by atoms with Gasteiger partial charge >= 0.3 is 23.9 Å². The molecule has 32 heteroatoms. The zero-order valence-electron chi connectivity index (χ0n) is 56.0. The van der Waals surface area contributed by atoms with Crippen LogP contribution in [0.15, 0.2) is 24.3 Å². The standard InChI is InChI=1S/C65H104N8O24/c74-41-21-22-54(79)70-94-61(86)23-13-5-1-9-17-37-66-50(75)33-42-90-46-65(47-91-43-34-51(76)67-38-18-10-2-6-14-24-62(87)95-71-55(80)27-28-56(71)81,48-92-44-35-52(77)68-39-19-11-3-7-15-25-63(88)96-72-57(82)29-30-58(72)83)49-93-45-36-53(78)69-40-20-12-4-8-16-26-64(89)97-73-59(84)31-32-60(73)85/h27-30,74,80-83H,1-26,31-49H2,(H,66,75)(H,67,76)(H,68,77)(H,69,78)(H,70,79). The summed E-state index contributed by atoms with van der Waals surface area (Å²) >= 11 is 0. The van der Waals surface area contributed by atoms with Gasteiger partial charge in [0.05, 0.1) is 58.3 Å². The van der Waals surface area contributed by atoms with Crippen LogP contribution in [0.5, 0.6) is 23.5 Å². The molecule has 1 aliphatic rings. The lowest BCUT2D eigenvalue weighted by atomic mass is 9.92. The number of aliphatic hydroxyl groups excluding tert-OH is 1. The fraction of sp³-hybridized carbons (Fsp3) is 0.708. The largest absolute Gasteiger partial charge is 0.492 e. The lowest BCUT2D eigenvalue weighted by molar-refractivity contribution is -0.197. The van der Waals surface area contributed by atoms with E-state index in [1.807, 2.05) is 0 Å². The maximum atomic E-state index is 12.9. The zero-order chi connectivity index (χ0) is 70.7. The first-order chi connectivity index (χ1) is 46.8. The third kappa shape index (κ3) is 39.7. The predicted octanol–water partition coefficient (Wildman–Crippen LogP) is 4.12. The molecule has 548 valence electrons. The van der Waals surface area contributed by atoms with Crippen molar-refractivity contribution in [2.24, 2.45) is 5.41 Å². The van der Waals surface area contributed by atoms with Gasteiger partial charge in [0, 0.05) is 128 Å². The molecule has 10 N–H and O–H groups in total. The number of carbonyl (C=O) groups excluding carboxylic acids is 11. The monoisotopic (exact) mass is 1380 g/mol. The molecule has 0 unspecified atom stereocenters. The summed E-state index contributed by atoms with van der Waals surface area (Å²) in [4.78, 5) is 155. The number of hydrogen-bond acceptors (Lipinski definition) is 24. The van der Waals surface area contributed by atoms with Gasteiger partial charge in [0.2, 0.25) is 47.1 Å². The zero-order valence-corrected chi connectivity index (χ0v) is 56.0. The summed E-state index contributed by atoms with van der Waals surface area (Å²) in [5.41, 5.74) is 1.01. The molecule has 3 heterocycles. The predicted molar refractivity (Wildman–Crippen MR) is 343 cm³/mol. The Bertz CT molecular complexity index is 2530. The van der Waals surface area contributed by atoms with Crippen molar-refractivity contribution in [1.82, 2.24) is 41.3 Å². The summed E-state index contributed by atoms with van der Waals surface area (Å²) in [6.07, 6.45) is 14.7. The molecule has 0 saturated carbocycles. The molecule has 0 radical (unpaired) electrons. The fourth-order valence-electron chi connectivity index (χ4n) is 9.57. The minimum Gasteiger partial charge on any atom is -0.492 e. The fourth-order valence-corrected chi connectivity index (χ4v) is 9.57. The number of rotatable bonds is 58. The van der Waals surface area contributed by atoms with Crippen molar-refractivity contribution in [3.8, 4) is 23.5 Å². The van der Waals surface area contributed by atoms with Crippen LogP contribution in [-0.2, 0) is 81.4 Å². The Labute approximate surface area is 565 Å². The van der Waals surface area contributed by atoms with Crippen molar-refractivity contribution in [2.45, 2.75) is 205 Å². The molecule has 0 spiro atoms. The Kier molecular flexibility index (Phi) is 43.9. The Morgan fingerprint density at radius 3 is 0.969 bits per heavy atom. The van der Waals surface area contributed by atoms with Gasteiger partial charge in [0.1, 0.15) is 0 Å². The average Bonchev–Trinajstić information content (AvgIpc) is 1.85.